The zero-order valence-electron chi connectivity index (χ0n) is 16.9. The number of alkyl halides is 2. The molecule has 0 saturated carbocycles. The number of aromatic nitrogens is 2. The molecule has 2 aromatic rings. The quantitative estimate of drug-likeness (QED) is 0.685. The third-order valence-corrected chi connectivity index (χ3v) is 5.73. The molecule has 2 aliphatic rings. The molecule has 31 heavy (non-hydrogen) atoms. The third kappa shape index (κ3) is 4.06. The van der Waals surface area contributed by atoms with E-state index in [-0.39, 0.29) is 17.8 Å². The highest BCUT2D eigenvalue weighted by Crippen LogP contribution is 2.36. The van der Waals surface area contributed by atoms with Crippen molar-refractivity contribution in [3.8, 4) is 11.8 Å². The Labute approximate surface area is 178 Å². The summed E-state index contributed by atoms with van der Waals surface area (Å²) < 4.78 is 34.2. The van der Waals surface area contributed by atoms with Gasteiger partial charge in [-0.3, -0.25) is 9.78 Å². The van der Waals surface area contributed by atoms with Crippen molar-refractivity contribution in [2.45, 2.75) is 30.8 Å². The number of nitrogens with zero attached hydrogens (tertiary/aromatic N) is 5. The van der Waals surface area contributed by atoms with Crippen LogP contribution >= 0.6 is 0 Å². The van der Waals surface area contributed by atoms with E-state index in [1.54, 1.807) is 11.0 Å². The molecule has 4 rings (SSSR count). The summed E-state index contributed by atoms with van der Waals surface area (Å²) in [7, 11) is 1.31. The predicted molar refractivity (Wildman–Crippen MR) is 109 cm³/mol. The van der Waals surface area contributed by atoms with Crippen molar-refractivity contribution < 1.29 is 18.3 Å². The maximum atomic E-state index is 14.6. The molecule has 2 atom stereocenters. The van der Waals surface area contributed by atoms with E-state index in [1.165, 1.54) is 25.6 Å². The summed E-state index contributed by atoms with van der Waals surface area (Å²) in [5.41, 5.74) is 0.0968. The fourth-order valence-corrected chi connectivity index (χ4v) is 4.24. The molecule has 0 spiro atoms. The Kier molecular flexibility index (Phi) is 5.55. The zero-order chi connectivity index (χ0) is 22.0. The van der Waals surface area contributed by atoms with E-state index in [0.29, 0.717) is 24.7 Å². The average molecular weight is 425 g/mol. The van der Waals surface area contributed by atoms with Gasteiger partial charge in [0.1, 0.15) is 17.6 Å². The van der Waals surface area contributed by atoms with Crippen molar-refractivity contribution in [2.24, 2.45) is 0 Å². The molecule has 2 aromatic heterocycles. The lowest BCUT2D eigenvalue weighted by Gasteiger charge is -2.41. The number of allylic oxidation sites excluding steroid dienone is 1. The fraction of sp³-hybridized carbons (Fsp3) is 0.364. The molecule has 2 aliphatic heterocycles. The molecule has 0 aromatic carbocycles. The van der Waals surface area contributed by atoms with Gasteiger partial charge in [-0.05, 0) is 37.1 Å². The highest BCUT2D eigenvalue weighted by atomic mass is 19.3. The summed E-state index contributed by atoms with van der Waals surface area (Å²) in [6.45, 7) is 0.867. The van der Waals surface area contributed by atoms with Crippen LogP contribution in [0.5, 0.6) is 5.75 Å². The smallest absolute Gasteiger partial charge is 0.297 e. The summed E-state index contributed by atoms with van der Waals surface area (Å²) in [6.07, 6.45) is 7.25. The van der Waals surface area contributed by atoms with Gasteiger partial charge in [-0.2, -0.15) is 14.0 Å². The fourth-order valence-electron chi connectivity index (χ4n) is 4.24. The van der Waals surface area contributed by atoms with Crippen molar-refractivity contribution in [3.63, 3.8) is 0 Å². The second-order valence-corrected chi connectivity index (χ2v) is 7.58. The number of piperazine rings is 1. The molecule has 2 saturated heterocycles. The van der Waals surface area contributed by atoms with Gasteiger partial charge in [-0.25, -0.2) is 4.98 Å². The molecular formula is C22H21F2N5O2. The lowest BCUT2D eigenvalue weighted by Crippen LogP contribution is -2.55. The van der Waals surface area contributed by atoms with E-state index < -0.39 is 17.4 Å². The van der Waals surface area contributed by atoms with Crippen LogP contribution < -0.4 is 9.64 Å². The van der Waals surface area contributed by atoms with E-state index in [4.69, 9.17) is 10.00 Å². The van der Waals surface area contributed by atoms with Crippen LogP contribution in [0.15, 0.2) is 48.9 Å². The monoisotopic (exact) mass is 425 g/mol. The Morgan fingerprint density at radius 2 is 2.00 bits per heavy atom. The maximum absolute atomic E-state index is 14.6. The number of ether oxygens (including phenoxy) is 1. The van der Waals surface area contributed by atoms with Gasteiger partial charge < -0.3 is 14.5 Å². The number of pyridine rings is 2. The Hall–Kier alpha value is -3.54. The number of rotatable bonds is 5. The predicted octanol–water partition coefficient (Wildman–Crippen LogP) is 2.88. The molecule has 7 nitrogen and oxygen atoms in total. The van der Waals surface area contributed by atoms with Gasteiger partial charge in [0.2, 0.25) is 5.91 Å². The van der Waals surface area contributed by atoms with Crippen LogP contribution in [0.2, 0.25) is 0 Å². The van der Waals surface area contributed by atoms with Gasteiger partial charge in [0.05, 0.1) is 18.2 Å². The van der Waals surface area contributed by atoms with Crippen LogP contribution in [0.1, 0.15) is 24.0 Å². The summed E-state index contributed by atoms with van der Waals surface area (Å²) in [6, 6.07) is 7.06. The largest absolute Gasteiger partial charge is 0.496 e. The number of anilines is 1. The first kappa shape index (κ1) is 20.7. The van der Waals surface area contributed by atoms with Crippen molar-refractivity contribution in [1.29, 1.82) is 5.26 Å². The topological polar surface area (TPSA) is 82.4 Å². The van der Waals surface area contributed by atoms with Gasteiger partial charge >= 0.3 is 0 Å². The molecule has 2 fully saturated rings. The summed E-state index contributed by atoms with van der Waals surface area (Å²) in [5, 5.41) is 8.94. The van der Waals surface area contributed by atoms with Gasteiger partial charge in [0.15, 0.2) is 0 Å². The van der Waals surface area contributed by atoms with E-state index >= 15 is 0 Å². The summed E-state index contributed by atoms with van der Waals surface area (Å²) >= 11 is 0. The summed E-state index contributed by atoms with van der Waals surface area (Å²) in [4.78, 5) is 24.5. The van der Waals surface area contributed by atoms with E-state index in [9.17, 15) is 13.6 Å². The third-order valence-electron chi connectivity index (χ3n) is 5.73. The van der Waals surface area contributed by atoms with Crippen LogP contribution in [-0.4, -0.2) is 53.1 Å². The lowest BCUT2D eigenvalue weighted by molar-refractivity contribution is -0.127. The first-order chi connectivity index (χ1) is 14.9. The molecule has 2 bridgehead atoms. The molecule has 9 heteroatoms. The number of carbonyl (C=O) groups excluding carboxylic acids is 1. The first-order valence-corrected chi connectivity index (χ1v) is 9.92. The number of hydrogen-bond donors (Lipinski definition) is 0. The Balaban J connectivity index is 1.46. The Morgan fingerprint density at radius 3 is 2.61 bits per heavy atom. The van der Waals surface area contributed by atoms with Crippen molar-refractivity contribution in [1.82, 2.24) is 14.9 Å². The second-order valence-electron chi connectivity index (χ2n) is 7.58. The molecule has 1 unspecified atom stereocenters. The van der Waals surface area contributed by atoms with E-state index in [2.05, 4.69) is 14.9 Å². The number of carbonyl (C=O) groups is 1. The average Bonchev–Trinajstić information content (AvgIpc) is 3.06. The maximum Gasteiger partial charge on any atom is 0.297 e. The number of nitriles is 1. The number of fused-ring (bicyclic) bond motifs is 2. The number of amides is 1. The van der Waals surface area contributed by atoms with Gasteiger partial charge in [0.25, 0.3) is 5.92 Å². The van der Waals surface area contributed by atoms with Crippen LogP contribution in [0.25, 0.3) is 0 Å². The number of likely N-dealkylation sites (tertiary alicyclic amines) is 1. The van der Waals surface area contributed by atoms with Crippen LogP contribution in [-0.2, 0) is 10.7 Å². The van der Waals surface area contributed by atoms with E-state index in [0.717, 1.165) is 30.9 Å². The Morgan fingerprint density at radius 1 is 1.26 bits per heavy atom. The van der Waals surface area contributed by atoms with Crippen molar-refractivity contribution in [2.75, 3.05) is 25.1 Å². The molecular weight excluding hydrogens is 404 g/mol. The second kappa shape index (κ2) is 8.30. The highest BCUT2D eigenvalue weighted by molar-refractivity contribution is 5.88. The van der Waals surface area contributed by atoms with E-state index in [1.807, 2.05) is 12.1 Å². The summed E-state index contributed by atoms with van der Waals surface area (Å²) in [5.74, 6) is -3.06. The standard InChI is InChI=1S/C22H21F2N5O2/c1-31-19-7-9-26-12-18(19)22(23,24)8-6-21(30)28-13-16-3-4-17(14-28)29(16)20-5-2-15(10-25)11-27-20/h2,5-9,11-12,16-17H,3-4,13-14H2,1H3/b8-6+/t16-,17?/m1/s1. The number of methoxy groups -OCH3 is 1. The molecule has 4 heterocycles. The van der Waals surface area contributed by atoms with Crippen LogP contribution in [0, 0.1) is 11.3 Å². The van der Waals surface area contributed by atoms with Gasteiger partial charge in [0, 0.05) is 49.8 Å². The van der Waals surface area contributed by atoms with Gasteiger partial charge in [-0.1, -0.05) is 0 Å². The molecule has 0 aliphatic carbocycles. The van der Waals surface area contributed by atoms with Crippen molar-refractivity contribution >= 4 is 11.7 Å². The Bertz CT molecular complexity index is 1020. The first-order valence-electron chi connectivity index (χ1n) is 9.92. The lowest BCUT2D eigenvalue weighted by atomic mass is 10.1. The normalized spacial score (nSPS) is 20.7. The minimum absolute atomic E-state index is 0.0127. The zero-order valence-corrected chi connectivity index (χ0v) is 16.9. The van der Waals surface area contributed by atoms with Crippen molar-refractivity contribution in [3.05, 3.63) is 60.1 Å². The van der Waals surface area contributed by atoms with Crippen LogP contribution in [0.4, 0.5) is 14.6 Å². The molecule has 1 amide bonds. The molecule has 0 N–H and O–H groups in total. The minimum Gasteiger partial charge on any atom is -0.496 e. The highest BCUT2D eigenvalue weighted by Gasteiger charge is 2.42. The minimum atomic E-state index is -3.39. The number of halogens is 2. The van der Waals surface area contributed by atoms with Gasteiger partial charge in [-0.15, -0.1) is 0 Å². The SMILES string of the molecule is COc1ccncc1C(F)(F)/C=C/C(=O)N1CC2CC[C@H](C1)N2c1ccc(C#N)cn1. The van der Waals surface area contributed by atoms with Crippen LogP contribution in [0.3, 0.4) is 0 Å². The molecule has 160 valence electrons. The molecule has 0 radical (unpaired) electrons. The number of hydrogen-bond acceptors (Lipinski definition) is 6.